The van der Waals surface area contributed by atoms with E-state index in [-0.39, 0.29) is 21.5 Å². The Morgan fingerprint density at radius 2 is 2.11 bits per heavy atom. The van der Waals surface area contributed by atoms with Gasteiger partial charge in [0.25, 0.3) is 9.05 Å². The van der Waals surface area contributed by atoms with Crippen LogP contribution >= 0.6 is 26.6 Å². The second-order valence-corrected chi connectivity index (χ2v) is 7.14. The molecule has 0 saturated carbocycles. The van der Waals surface area contributed by atoms with Crippen LogP contribution in [0.1, 0.15) is 17.3 Å². The van der Waals surface area contributed by atoms with Crippen molar-refractivity contribution in [3.05, 3.63) is 28.2 Å². The summed E-state index contributed by atoms with van der Waals surface area (Å²) in [5, 5.41) is 0. The van der Waals surface area contributed by atoms with Gasteiger partial charge in [0.1, 0.15) is 6.10 Å². The summed E-state index contributed by atoms with van der Waals surface area (Å²) >= 11 is 3.06. The number of methoxy groups -OCH3 is 1. The molecule has 1 atom stereocenters. The molecule has 0 aromatic heterocycles. The smallest absolute Gasteiger partial charge is 0.338 e. The van der Waals surface area contributed by atoms with Crippen LogP contribution in [0.15, 0.2) is 27.6 Å². The molecule has 0 aliphatic rings. The van der Waals surface area contributed by atoms with Gasteiger partial charge >= 0.3 is 5.97 Å². The number of halogens is 2. The number of ether oxygens (including phenoxy) is 2. The molecule has 0 aliphatic carbocycles. The molecule has 0 radical (unpaired) electrons. The predicted molar refractivity (Wildman–Crippen MR) is 73.9 cm³/mol. The number of rotatable bonds is 5. The predicted octanol–water partition coefficient (Wildman–Crippen LogP) is 2.57. The monoisotopic (exact) mass is 370 g/mol. The first-order valence-electron chi connectivity index (χ1n) is 5.20. The van der Waals surface area contributed by atoms with Gasteiger partial charge in [-0.25, -0.2) is 13.2 Å². The maximum atomic E-state index is 11.8. The number of benzene rings is 1. The van der Waals surface area contributed by atoms with Gasteiger partial charge in [0.15, 0.2) is 0 Å². The Kier molecular flexibility index (Phi) is 5.79. The van der Waals surface area contributed by atoms with Gasteiger partial charge in [0.2, 0.25) is 0 Å². The lowest BCUT2D eigenvalue weighted by molar-refractivity contribution is 0.0120. The zero-order chi connectivity index (χ0) is 14.6. The van der Waals surface area contributed by atoms with Crippen LogP contribution in [0.5, 0.6) is 0 Å². The molecule has 5 nitrogen and oxygen atoms in total. The van der Waals surface area contributed by atoms with Gasteiger partial charge in [0, 0.05) is 22.3 Å². The maximum Gasteiger partial charge on any atom is 0.338 e. The van der Waals surface area contributed by atoms with Crippen molar-refractivity contribution in [3.8, 4) is 0 Å². The van der Waals surface area contributed by atoms with E-state index in [1.54, 1.807) is 6.92 Å². The summed E-state index contributed by atoms with van der Waals surface area (Å²) in [6, 6.07) is 4.03. The highest BCUT2D eigenvalue weighted by molar-refractivity contribution is 9.10. The van der Waals surface area contributed by atoms with E-state index in [0.717, 1.165) is 6.07 Å². The van der Waals surface area contributed by atoms with Crippen LogP contribution in [0.25, 0.3) is 0 Å². The van der Waals surface area contributed by atoms with Crippen LogP contribution < -0.4 is 0 Å². The largest absolute Gasteiger partial charge is 0.457 e. The molecular formula is C11H12BrClO5S. The molecule has 0 heterocycles. The van der Waals surface area contributed by atoms with E-state index < -0.39 is 21.1 Å². The summed E-state index contributed by atoms with van der Waals surface area (Å²) < 4.78 is 32.8. The van der Waals surface area contributed by atoms with E-state index in [1.165, 1.54) is 19.2 Å². The molecule has 0 saturated heterocycles. The molecule has 1 rings (SSSR count). The number of hydrogen-bond donors (Lipinski definition) is 0. The quantitative estimate of drug-likeness (QED) is 0.588. The molecule has 0 N–H and O–H groups in total. The van der Waals surface area contributed by atoms with Gasteiger partial charge in [-0.05, 0) is 41.1 Å². The van der Waals surface area contributed by atoms with E-state index in [0.29, 0.717) is 0 Å². The Balaban J connectivity index is 3.00. The molecule has 1 aromatic rings. The highest BCUT2D eigenvalue weighted by atomic mass is 79.9. The first-order valence-corrected chi connectivity index (χ1v) is 8.30. The van der Waals surface area contributed by atoms with E-state index in [9.17, 15) is 13.2 Å². The van der Waals surface area contributed by atoms with Gasteiger partial charge in [-0.1, -0.05) is 0 Å². The first kappa shape index (κ1) is 16.4. The molecule has 0 aliphatic heterocycles. The summed E-state index contributed by atoms with van der Waals surface area (Å²) in [6.07, 6.45) is -0.433. The molecule has 106 valence electrons. The lowest BCUT2D eigenvalue weighted by Crippen LogP contribution is -2.19. The van der Waals surface area contributed by atoms with Gasteiger partial charge in [0.05, 0.1) is 17.1 Å². The third-order valence-electron chi connectivity index (χ3n) is 2.14. The SMILES string of the molecule is COCC(C)OC(=O)c1ccc(Br)c(S(=O)(=O)Cl)c1. The van der Waals surface area contributed by atoms with E-state index >= 15 is 0 Å². The van der Waals surface area contributed by atoms with E-state index in [1.807, 2.05) is 0 Å². The zero-order valence-corrected chi connectivity index (χ0v) is 13.4. The first-order chi connectivity index (χ1) is 8.75. The van der Waals surface area contributed by atoms with Crippen LogP contribution in [0.2, 0.25) is 0 Å². The van der Waals surface area contributed by atoms with Crippen molar-refractivity contribution < 1.29 is 22.7 Å². The van der Waals surface area contributed by atoms with Crippen molar-refractivity contribution >= 4 is 41.6 Å². The van der Waals surface area contributed by atoms with Crippen molar-refractivity contribution in [1.29, 1.82) is 0 Å². The second kappa shape index (κ2) is 6.69. The van der Waals surface area contributed by atoms with Crippen molar-refractivity contribution in [3.63, 3.8) is 0 Å². The minimum absolute atomic E-state index is 0.102. The normalized spacial score (nSPS) is 13.1. The summed E-state index contributed by atoms with van der Waals surface area (Å²) in [5.41, 5.74) is 0.102. The van der Waals surface area contributed by atoms with Crippen LogP contribution in [-0.4, -0.2) is 34.2 Å². The topological polar surface area (TPSA) is 69.7 Å². The summed E-state index contributed by atoms with van der Waals surface area (Å²) in [4.78, 5) is 11.6. The van der Waals surface area contributed by atoms with Crippen LogP contribution in [-0.2, 0) is 18.5 Å². The molecule has 0 fully saturated rings. The number of carbonyl (C=O) groups excluding carboxylic acids is 1. The van der Waals surface area contributed by atoms with Crippen molar-refractivity contribution in [2.75, 3.05) is 13.7 Å². The number of carbonyl (C=O) groups is 1. The van der Waals surface area contributed by atoms with Crippen molar-refractivity contribution in [2.24, 2.45) is 0 Å². The Morgan fingerprint density at radius 1 is 1.47 bits per heavy atom. The Bertz CT molecular complexity index is 572. The van der Waals surface area contributed by atoms with Crippen LogP contribution in [0.4, 0.5) is 0 Å². The highest BCUT2D eigenvalue weighted by Crippen LogP contribution is 2.26. The Labute approximate surface area is 124 Å². The molecule has 19 heavy (non-hydrogen) atoms. The van der Waals surface area contributed by atoms with Crippen molar-refractivity contribution in [2.45, 2.75) is 17.9 Å². The van der Waals surface area contributed by atoms with Crippen LogP contribution in [0, 0.1) is 0 Å². The fourth-order valence-corrected chi connectivity index (χ4v) is 3.45. The fourth-order valence-electron chi connectivity index (χ4n) is 1.34. The average molecular weight is 372 g/mol. The van der Waals surface area contributed by atoms with Crippen LogP contribution in [0.3, 0.4) is 0 Å². The minimum atomic E-state index is -3.94. The number of esters is 1. The molecule has 0 amide bonds. The average Bonchev–Trinajstić information content (AvgIpc) is 2.27. The maximum absolute atomic E-state index is 11.8. The van der Waals surface area contributed by atoms with Gasteiger partial charge in [-0.15, -0.1) is 0 Å². The standard InChI is InChI=1S/C11H12BrClO5S/c1-7(6-17-2)18-11(14)8-3-4-9(12)10(5-8)19(13,15)16/h3-5,7H,6H2,1-2H3. The van der Waals surface area contributed by atoms with Gasteiger partial charge < -0.3 is 9.47 Å². The van der Waals surface area contributed by atoms with Gasteiger partial charge in [-0.3, -0.25) is 0 Å². The molecule has 1 unspecified atom stereocenters. The third kappa shape index (κ3) is 4.76. The molecule has 0 bridgehead atoms. The van der Waals surface area contributed by atoms with E-state index in [4.69, 9.17) is 20.2 Å². The molecule has 1 aromatic carbocycles. The number of hydrogen-bond acceptors (Lipinski definition) is 5. The van der Waals surface area contributed by atoms with Crippen molar-refractivity contribution in [1.82, 2.24) is 0 Å². The zero-order valence-electron chi connectivity index (χ0n) is 10.2. The Morgan fingerprint density at radius 3 is 2.63 bits per heavy atom. The minimum Gasteiger partial charge on any atom is -0.457 e. The summed E-state index contributed by atoms with van der Waals surface area (Å²) in [7, 11) is 2.82. The summed E-state index contributed by atoms with van der Waals surface area (Å²) in [5.74, 6) is -0.640. The summed E-state index contributed by atoms with van der Waals surface area (Å²) in [6.45, 7) is 1.92. The lowest BCUT2D eigenvalue weighted by Gasteiger charge is -2.12. The molecule has 8 heteroatoms. The third-order valence-corrected chi connectivity index (χ3v) is 4.45. The lowest BCUT2D eigenvalue weighted by atomic mass is 10.2. The highest BCUT2D eigenvalue weighted by Gasteiger charge is 2.19. The fraction of sp³-hybridized carbons (Fsp3) is 0.364. The molecular weight excluding hydrogens is 360 g/mol. The second-order valence-electron chi connectivity index (χ2n) is 3.75. The van der Waals surface area contributed by atoms with E-state index in [2.05, 4.69) is 15.9 Å². The van der Waals surface area contributed by atoms with Gasteiger partial charge in [-0.2, -0.15) is 0 Å². The Hall–Kier alpha value is -0.630. The molecule has 0 spiro atoms.